The van der Waals surface area contributed by atoms with Crippen LogP contribution in [0.3, 0.4) is 0 Å². The molecule has 23 heavy (non-hydrogen) atoms. The molecule has 2 rings (SSSR count). The third-order valence-corrected chi connectivity index (χ3v) is 3.90. The zero-order valence-corrected chi connectivity index (χ0v) is 14.0. The number of aryl methyl sites for hydroxylation is 1. The molecule has 6 nitrogen and oxygen atoms in total. The molecule has 1 N–H and O–H groups in total. The van der Waals surface area contributed by atoms with E-state index in [4.69, 9.17) is 5.11 Å². The van der Waals surface area contributed by atoms with Crippen LogP contribution in [0.1, 0.15) is 42.8 Å². The smallest absolute Gasteiger partial charge is 0.303 e. The van der Waals surface area contributed by atoms with E-state index in [2.05, 4.69) is 11.9 Å². The van der Waals surface area contributed by atoms with Gasteiger partial charge in [-0.05, 0) is 12.0 Å². The van der Waals surface area contributed by atoms with Gasteiger partial charge < -0.3 is 5.11 Å². The van der Waals surface area contributed by atoms with E-state index >= 15 is 0 Å². The van der Waals surface area contributed by atoms with Gasteiger partial charge in [-0.1, -0.05) is 32.4 Å². The number of benzene rings is 1. The molecule has 0 saturated heterocycles. The molecule has 1 aromatic carbocycles. The average Bonchev–Trinajstić information content (AvgIpc) is 2.96. The molecule has 0 amide bonds. The highest BCUT2D eigenvalue weighted by Crippen LogP contribution is 2.21. The van der Waals surface area contributed by atoms with Crippen molar-refractivity contribution in [2.45, 2.75) is 39.5 Å². The highest BCUT2D eigenvalue weighted by molar-refractivity contribution is 7.09. The molecule has 0 bridgehead atoms. The zero-order chi connectivity index (χ0) is 17.2. The van der Waals surface area contributed by atoms with Crippen LogP contribution in [0, 0.1) is 10.1 Å². The number of hydrogen-bond acceptors (Lipinski definition) is 5. The molecule has 0 aliphatic carbocycles. The Hall–Kier alpha value is -2.28. The second-order valence-corrected chi connectivity index (χ2v) is 5.76. The largest absolute Gasteiger partial charge is 0.481 e. The molecule has 0 saturated carbocycles. The van der Waals surface area contributed by atoms with Crippen LogP contribution < -0.4 is 0 Å². The minimum Gasteiger partial charge on any atom is -0.481 e. The Morgan fingerprint density at radius 1 is 1.30 bits per heavy atom. The fourth-order valence-electron chi connectivity index (χ4n) is 1.80. The zero-order valence-electron chi connectivity index (χ0n) is 13.2. The monoisotopic (exact) mass is 336 g/mol. The summed E-state index contributed by atoms with van der Waals surface area (Å²) in [4.78, 5) is 25.2. The van der Waals surface area contributed by atoms with Crippen molar-refractivity contribution in [1.82, 2.24) is 4.98 Å². The molecule has 0 unspecified atom stereocenters. The quantitative estimate of drug-likeness (QED) is 0.634. The van der Waals surface area contributed by atoms with Crippen LogP contribution in [0.25, 0.3) is 0 Å². The predicted octanol–water partition coefficient (Wildman–Crippen LogP) is 4.08. The van der Waals surface area contributed by atoms with E-state index in [1.54, 1.807) is 30.4 Å². The number of carboxylic acids is 1. The van der Waals surface area contributed by atoms with Gasteiger partial charge in [0.25, 0.3) is 5.69 Å². The first-order valence-electron chi connectivity index (χ1n) is 7.34. The number of non-ortho nitro benzene ring substituents is 1. The van der Waals surface area contributed by atoms with Crippen molar-refractivity contribution < 1.29 is 14.8 Å². The number of carboxylic acid groups (broad SMARTS) is 1. The Labute approximate surface area is 139 Å². The van der Waals surface area contributed by atoms with E-state index in [-0.39, 0.29) is 17.0 Å². The second kappa shape index (κ2) is 9.68. The number of nitro groups is 1. The summed E-state index contributed by atoms with van der Waals surface area (Å²) in [5, 5.41) is 18.3. The van der Waals surface area contributed by atoms with Gasteiger partial charge in [-0.3, -0.25) is 14.9 Å². The second-order valence-electron chi connectivity index (χ2n) is 4.82. The molecular weight excluding hydrogens is 316 g/mol. The summed E-state index contributed by atoms with van der Waals surface area (Å²) < 4.78 is 0. The molecular formula is C16H20N2O4S. The van der Waals surface area contributed by atoms with Crippen molar-refractivity contribution in [2.24, 2.45) is 0 Å². The minimum atomic E-state index is -0.745. The lowest BCUT2D eigenvalue weighted by molar-refractivity contribution is -0.384. The van der Waals surface area contributed by atoms with Crippen LogP contribution in [-0.2, 0) is 17.6 Å². The third-order valence-electron chi connectivity index (χ3n) is 3.03. The van der Waals surface area contributed by atoms with E-state index in [1.807, 2.05) is 17.6 Å². The van der Waals surface area contributed by atoms with E-state index in [9.17, 15) is 14.9 Å². The Kier molecular flexibility index (Phi) is 7.90. The van der Waals surface area contributed by atoms with Crippen molar-refractivity contribution in [1.29, 1.82) is 0 Å². The summed E-state index contributed by atoms with van der Waals surface area (Å²) in [5.41, 5.74) is 4.24. The van der Waals surface area contributed by atoms with Crippen molar-refractivity contribution in [2.75, 3.05) is 0 Å². The van der Waals surface area contributed by atoms with Gasteiger partial charge in [-0.2, -0.15) is 0 Å². The summed E-state index contributed by atoms with van der Waals surface area (Å²) in [7, 11) is 0. The van der Waals surface area contributed by atoms with Crippen LogP contribution in [0.4, 0.5) is 5.69 Å². The average molecular weight is 336 g/mol. The summed E-state index contributed by atoms with van der Waals surface area (Å²) in [6, 6.07) is 6.73. The number of nitrogens with zero attached hydrogens (tertiary/aromatic N) is 2. The van der Waals surface area contributed by atoms with Crippen LogP contribution in [0.5, 0.6) is 0 Å². The lowest BCUT2D eigenvalue weighted by atomic mass is 10.1. The molecule has 0 atom stereocenters. The fourth-order valence-corrected chi connectivity index (χ4v) is 2.65. The number of carbonyl (C=O) groups is 1. The van der Waals surface area contributed by atoms with Crippen LogP contribution in [-0.4, -0.2) is 21.0 Å². The van der Waals surface area contributed by atoms with Crippen LogP contribution >= 0.6 is 11.3 Å². The Balaban J connectivity index is 0.000000463. The highest BCUT2D eigenvalue weighted by Gasteiger charge is 2.08. The molecule has 0 spiro atoms. The van der Waals surface area contributed by atoms with Gasteiger partial charge in [-0.25, -0.2) is 4.98 Å². The van der Waals surface area contributed by atoms with Crippen molar-refractivity contribution in [3.63, 3.8) is 0 Å². The topological polar surface area (TPSA) is 93.3 Å². The summed E-state index contributed by atoms with van der Waals surface area (Å²) in [6.45, 7) is 3.73. The summed E-state index contributed by atoms with van der Waals surface area (Å²) >= 11 is 1.65. The number of thiazole rings is 1. The van der Waals surface area contributed by atoms with E-state index < -0.39 is 5.97 Å². The van der Waals surface area contributed by atoms with E-state index in [1.165, 1.54) is 4.88 Å². The van der Waals surface area contributed by atoms with Crippen molar-refractivity contribution >= 4 is 23.0 Å². The summed E-state index contributed by atoms with van der Waals surface area (Å²) in [6.07, 6.45) is 3.10. The SMILES string of the molecule is CCC(=O)O.CCCc1ncsc1Cc1ccc([N+](=O)[O-])cc1. The first-order valence-corrected chi connectivity index (χ1v) is 8.22. The number of rotatable bonds is 6. The van der Waals surface area contributed by atoms with E-state index in [0.717, 1.165) is 30.5 Å². The van der Waals surface area contributed by atoms with Crippen LogP contribution in [0.15, 0.2) is 29.8 Å². The highest BCUT2D eigenvalue weighted by atomic mass is 32.1. The van der Waals surface area contributed by atoms with Gasteiger partial charge in [0.15, 0.2) is 0 Å². The first-order chi connectivity index (χ1) is 11.0. The minimum absolute atomic E-state index is 0.136. The van der Waals surface area contributed by atoms with Gasteiger partial charge in [0.2, 0.25) is 0 Å². The standard InChI is InChI=1S/C13H14N2O2S.C3H6O2/c1-2-3-12-13(18-9-14-12)8-10-4-6-11(7-5-10)15(16)17;1-2-3(4)5/h4-7,9H,2-3,8H2,1H3;2H2,1H3,(H,4,5). The van der Waals surface area contributed by atoms with Gasteiger partial charge in [0.05, 0.1) is 16.1 Å². The lowest BCUT2D eigenvalue weighted by Gasteiger charge is -2.01. The number of aliphatic carboxylic acids is 1. The maximum Gasteiger partial charge on any atom is 0.303 e. The maximum atomic E-state index is 10.6. The molecule has 124 valence electrons. The number of aromatic nitrogens is 1. The molecule has 0 radical (unpaired) electrons. The van der Waals surface area contributed by atoms with Gasteiger partial charge >= 0.3 is 5.97 Å². The molecule has 7 heteroatoms. The van der Waals surface area contributed by atoms with E-state index in [0.29, 0.717) is 0 Å². The Morgan fingerprint density at radius 2 is 1.91 bits per heavy atom. The van der Waals surface area contributed by atoms with Crippen LogP contribution in [0.2, 0.25) is 0 Å². The van der Waals surface area contributed by atoms with Gasteiger partial charge in [0, 0.05) is 29.9 Å². The maximum absolute atomic E-state index is 10.6. The van der Waals surface area contributed by atoms with Gasteiger partial charge in [0.1, 0.15) is 0 Å². The molecule has 1 heterocycles. The molecule has 0 fully saturated rings. The number of nitro benzene ring substituents is 1. The van der Waals surface area contributed by atoms with Gasteiger partial charge in [-0.15, -0.1) is 11.3 Å². The number of hydrogen-bond donors (Lipinski definition) is 1. The lowest BCUT2D eigenvalue weighted by Crippen LogP contribution is -1.93. The predicted molar refractivity (Wildman–Crippen MR) is 89.9 cm³/mol. The normalized spacial score (nSPS) is 9.83. The molecule has 1 aromatic heterocycles. The molecule has 0 aliphatic rings. The molecule has 0 aliphatic heterocycles. The molecule has 2 aromatic rings. The third kappa shape index (κ3) is 6.56. The summed E-state index contributed by atoms with van der Waals surface area (Å²) in [5.74, 6) is -0.745. The first kappa shape index (κ1) is 18.8. The Morgan fingerprint density at radius 3 is 2.39 bits per heavy atom. The fraction of sp³-hybridized carbons (Fsp3) is 0.375. The van der Waals surface area contributed by atoms with Crippen molar-refractivity contribution in [3.8, 4) is 0 Å². The van der Waals surface area contributed by atoms with Crippen molar-refractivity contribution in [3.05, 3.63) is 56.0 Å². The Bertz CT molecular complexity index is 638.